The monoisotopic (exact) mass is 430 g/mol. The molecule has 4 aromatic rings. The highest BCUT2D eigenvalue weighted by Gasteiger charge is 2.15. The van der Waals surface area contributed by atoms with Crippen LogP contribution >= 0.6 is 11.8 Å². The Morgan fingerprint density at radius 2 is 1.45 bits per heavy atom. The SMILES string of the molecule is COc1cc2ncnc(Sc3cccc(-c4cccc(C(C)(C)C)c4)c3)c2cc1OC. The van der Waals surface area contributed by atoms with Gasteiger partial charge in [0, 0.05) is 16.3 Å². The number of hydrogen-bond donors (Lipinski definition) is 0. The minimum atomic E-state index is 0.113. The molecule has 0 radical (unpaired) electrons. The molecule has 0 atom stereocenters. The van der Waals surface area contributed by atoms with Gasteiger partial charge in [-0.2, -0.15) is 0 Å². The summed E-state index contributed by atoms with van der Waals surface area (Å²) in [5, 5.41) is 1.82. The van der Waals surface area contributed by atoms with Crippen LogP contribution in [0.2, 0.25) is 0 Å². The number of hydrogen-bond acceptors (Lipinski definition) is 5. The van der Waals surface area contributed by atoms with Crippen molar-refractivity contribution in [1.29, 1.82) is 0 Å². The normalized spacial score (nSPS) is 11.5. The van der Waals surface area contributed by atoms with E-state index in [9.17, 15) is 0 Å². The van der Waals surface area contributed by atoms with Crippen molar-refractivity contribution < 1.29 is 9.47 Å². The van der Waals surface area contributed by atoms with Gasteiger partial charge in [0.25, 0.3) is 0 Å². The fourth-order valence-corrected chi connectivity index (χ4v) is 4.39. The molecule has 0 spiro atoms. The van der Waals surface area contributed by atoms with Crippen LogP contribution in [0.15, 0.2) is 76.9 Å². The number of nitrogens with zero attached hydrogens (tertiary/aromatic N) is 2. The van der Waals surface area contributed by atoms with Gasteiger partial charge >= 0.3 is 0 Å². The van der Waals surface area contributed by atoms with Gasteiger partial charge in [-0.05, 0) is 40.3 Å². The van der Waals surface area contributed by atoms with Crippen molar-refractivity contribution in [3.63, 3.8) is 0 Å². The molecule has 3 aromatic carbocycles. The van der Waals surface area contributed by atoms with Crippen LogP contribution in [0, 0.1) is 0 Å². The molecule has 5 heteroatoms. The standard InChI is InChI=1S/C26H26N2O2S/c1-26(2,3)19-10-6-8-17(12-19)18-9-7-11-20(13-18)31-25-21-14-23(29-4)24(30-5)15-22(21)27-16-28-25/h6-16H,1-5H3. The first-order valence-electron chi connectivity index (χ1n) is 10.1. The summed E-state index contributed by atoms with van der Waals surface area (Å²) >= 11 is 1.62. The molecule has 4 rings (SSSR count). The van der Waals surface area contributed by atoms with Crippen LogP contribution in [0.3, 0.4) is 0 Å². The van der Waals surface area contributed by atoms with E-state index in [0.717, 1.165) is 20.8 Å². The number of aromatic nitrogens is 2. The molecule has 4 nitrogen and oxygen atoms in total. The highest BCUT2D eigenvalue weighted by molar-refractivity contribution is 7.99. The van der Waals surface area contributed by atoms with Crippen LogP contribution in [0.4, 0.5) is 0 Å². The highest BCUT2D eigenvalue weighted by atomic mass is 32.2. The quantitative estimate of drug-likeness (QED) is 0.327. The fraction of sp³-hybridized carbons (Fsp3) is 0.231. The van der Waals surface area contributed by atoms with Crippen LogP contribution < -0.4 is 9.47 Å². The molecule has 1 aromatic heterocycles. The summed E-state index contributed by atoms with van der Waals surface area (Å²) in [6, 6.07) is 21.1. The summed E-state index contributed by atoms with van der Waals surface area (Å²) in [7, 11) is 3.26. The van der Waals surface area contributed by atoms with E-state index in [0.29, 0.717) is 11.5 Å². The summed E-state index contributed by atoms with van der Waals surface area (Å²) in [5.41, 5.74) is 4.67. The molecule has 0 aliphatic rings. The zero-order valence-electron chi connectivity index (χ0n) is 18.5. The number of methoxy groups -OCH3 is 2. The van der Waals surface area contributed by atoms with Gasteiger partial charge in [0.2, 0.25) is 0 Å². The molecular formula is C26H26N2O2S. The second-order valence-electron chi connectivity index (χ2n) is 8.36. The van der Waals surface area contributed by atoms with Gasteiger partial charge < -0.3 is 9.47 Å². The third-order valence-corrected chi connectivity index (χ3v) is 6.22. The first-order valence-corrected chi connectivity index (χ1v) is 11.0. The van der Waals surface area contributed by atoms with E-state index in [-0.39, 0.29) is 5.41 Å². The minimum absolute atomic E-state index is 0.113. The van der Waals surface area contributed by atoms with Crippen LogP contribution in [-0.4, -0.2) is 24.2 Å². The Morgan fingerprint density at radius 1 is 0.774 bits per heavy atom. The van der Waals surface area contributed by atoms with E-state index in [2.05, 4.69) is 79.3 Å². The van der Waals surface area contributed by atoms with Crippen LogP contribution in [0.1, 0.15) is 26.3 Å². The van der Waals surface area contributed by atoms with E-state index < -0.39 is 0 Å². The lowest BCUT2D eigenvalue weighted by Crippen LogP contribution is -2.10. The van der Waals surface area contributed by atoms with Crippen molar-refractivity contribution in [2.75, 3.05) is 14.2 Å². The van der Waals surface area contributed by atoms with Gasteiger partial charge in [0.15, 0.2) is 11.5 Å². The molecule has 31 heavy (non-hydrogen) atoms. The van der Waals surface area contributed by atoms with Gasteiger partial charge in [-0.15, -0.1) is 0 Å². The molecule has 0 unspecified atom stereocenters. The zero-order chi connectivity index (χ0) is 22.0. The van der Waals surface area contributed by atoms with Gasteiger partial charge in [-0.25, -0.2) is 9.97 Å². The molecule has 0 aliphatic heterocycles. The molecule has 158 valence electrons. The first-order chi connectivity index (χ1) is 14.9. The van der Waals surface area contributed by atoms with Crippen molar-refractivity contribution in [1.82, 2.24) is 9.97 Å². The van der Waals surface area contributed by atoms with E-state index in [4.69, 9.17) is 9.47 Å². The smallest absolute Gasteiger partial charge is 0.162 e. The molecule has 0 fully saturated rings. The van der Waals surface area contributed by atoms with E-state index in [1.165, 1.54) is 16.7 Å². The Morgan fingerprint density at radius 3 is 2.16 bits per heavy atom. The van der Waals surface area contributed by atoms with Crippen molar-refractivity contribution in [3.8, 4) is 22.6 Å². The Hall–Kier alpha value is -3.05. The van der Waals surface area contributed by atoms with Gasteiger partial charge in [-0.3, -0.25) is 0 Å². The largest absolute Gasteiger partial charge is 0.493 e. The van der Waals surface area contributed by atoms with Gasteiger partial charge in [-0.1, -0.05) is 68.9 Å². The lowest BCUT2D eigenvalue weighted by molar-refractivity contribution is 0.355. The number of fused-ring (bicyclic) bond motifs is 1. The Balaban J connectivity index is 1.71. The summed E-state index contributed by atoms with van der Waals surface area (Å²) in [6.07, 6.45) is 1.59. The number of rotatable bonds is 5. The van der Waals surface area contributed by atoms with Gasteiger partial charge in [0.1, 0.15) is 11.4 Å². The van der Waals surface area contributed by atoms with E-state index in [1.54, 1.807) is 32.3 Å². The Bertz CT molecular complexity index is 1230. The van der Waals surface area contributed by atoms with Crippen molar-refractivity contribution in [3.05, 3.63) is 72.6 Å². The van der Waals surface area contributed by atoms with E-state index in [1.807, 2.05) is 12.1 Å². The molecule has 0 aliphatic carbocycles. The molecular weight excluding hydrogens is 404 g/mol. The average molecular weight is 431 g/mol. The minimum Gasteiger partial charge on any atom is -0.493 e. The van der Waals surface area contributed by atoms with E-state index >= 15 is 0 Å². The number of ether oxygens (including phenoxy) is 2. The third-order valence-electron chi connectivity index (χ3n) is 5.21. The van der Waals surface area contributed by atoms with Crippen LogP contribution in [-0.2, 0) is 5.41 Å². The van der Waals surface area contributed by atoms with Gasteiger partial charge in [0.05, 0.1) is 19.7 Å². The molecule has 0 amide bonds. The van der Waals surface area contributed by atoms with Crippen LogP contribution in [0.25, 0.3) is 22.0 Å². The summed E-state index contributed by atoms with van der Waals surface area (Å²) in [5.74, 6) is 1.32. The topological polar surface area (TPSA) is 44.2 Å². The Kier molecular flexibility index (Phi) is 5.88. The van der Waals surface area contributed by atoms with Crippen molar-refractivity contribution >= 4 is 22.7 Å². The average Bonchev–Trinajstić information content (AvgIpc) is 2.78. The maximum Gasteiger partial charge on any atom is 0.162 e. The zero-order valence-corrected chi connectivity index (χ0v) is 19.3. The van der Waals surface area contributed by atoms with Crippen molar-refractivity contribution in [2.24, 2.45) is 0 Å². The molecule has 0 bridgehead atoms. The maximum absolute atomic E-state index is 5.48. The fourth-order valence-electron chi connectivity index (χ4n) is 3.46. The van der Waals surface area contributed by atoms with Crippen LogP contribution in [0.5, 0.6) is 11.5 Å². The molecule has 1 heterocycles. The highest BCUT2D eigenvalue weighted by Crippen LogP contribution is 2.38. The van der Waals surface area contributed by atoms with Crippen molar-refractivity contribution in [2.45, 2.75) is 36.1 Å². The second-order valence-corrected chi connectivity index (χ2v) is 9.43. The maximum atomic E-state index is 5.48. The summed E-state index contributed by atoms with van der Waals surface area (Å²) < 4.78 is 10.9. The molecule has 0 N–H and O–H groups in total. The molecule has 0 saturated carbocycles. The first kappa shape index (κ1) is 21.2. The predicted octanol–water partition coefficient (Wildman–Crippen LogP) is 6.76. The lowest BCUT2D eigenvalue weighted by Gasteiger charge is -2.20. The predicted molar refractivity (Wildman–Crippen MR) is 127 cm³/mol. The Labute approximate surface area is 187 Å². The molecule has 0 saturated heterocycles. The second kappa shape index (κ2) is 8.60. The summed E-state index contributed by atoms with van der Waals surface area (Å²) in [4.78, 5) is 10.1. The number of benzene rings is 3. The lowest BCUT2D eigenvalue weighted by atomic mass is 9.85. The third kappa shape index (κ3) is 4.52. The summed E-state index contributed by atoms with van der Waals surface area (Å²) in [6.45, 7) is 6.71.